The van der Waals surface area contributed by atoms with Gasteiger partial charge in [0.2, 0.25) is 0 Å². The van der Waals surface area contributed by atoms with E-state index in [1.807, 2.05) is 0 Å². The molecule has 9 rings (SSSR count). The maximum Gasteiger partial charge on any atom is 0.0547 e. The fourth-order valence-electron chi connectivity index (χ4n) is 7.77. The van der Waals surface area contributed by atoms with Gasteiger partial charge in [-0.15, -0.1) is 0 Å². The lowest BCUT2D eigenvalue weighted by molar-refractivity contribution is 0.660. The zero-order valence-corrected chi connectivity index (χ0v) is 26.6. The first-order chi connectivity index (χ1) is 23.1. The lowest BCUT2D eigenvalue weighted by Crippen LogP contribution is -2.16. The molecule has 1 aromatic heterocycles. The molecule has 1 aliphatic carbocycles. The van der Waals surface area contributed by atoms with E-state index in [2.05, 4.69) is 193 Å². The largest absolute Gasteiger partial charge is 0.310 e. The Morgan fingerprint density at radius 2 is 1.06 bits per heavy atom. The van der Waals surface area contributed by atoms with Crippen molar-refractivity contribution in [2.45, 2.75) is 19.3 Å². The van der Waals surface area contributed by atoms with Gasteiger partial charge in [-0.3, -0.25) is 0 Å². The van der Waals surface area contributed by atoms with Crippen molar-refractivity contribution in [3.05, 3.63) is 181 Å². The zero-order chi connectivity index (χ0) is 31.5. The molecular weight excluding hydrogens is 569 g/mol. The number of anilines is 3. The van der Waals surface area contributed by atoms with Gasteiger partial charge in [-0.2, -0.15) is 0 Å². The molecule has 0 atom stereocenters. The Balaban J connectivity index is 1.31. The van der Waals surface area contributed by atoms with Crippen molar-refractivity contribution in [1.82, 2.24) is 4.57 Å². The topological polar surface area (TPSA) is 8.17 Å². The van der Waals surface area contributed by atoms with Gasteiger partial charge in [-0.25, -0.2) is 0 Å². The third-order valence-electron chi connectivity index (χ3n) is 9.97. The minimum absolute atomic E-state index is 0.0814. The van der Waals surface area contributed by atoms with E-state index in [-0.39, 0.29) is 5.41 Å². The molecule has 1 aliphatic rings. The van der Waals surface area contributed by atoms with Crippen LogP contribution in [0.1, 0.15) is 25.0 Å². The molecular formula is C45H34N2. The van der Waals surface area contributed by atoms with Crippen LogP contribution >= 0.6 is 0 Å². The lowest BCUT2D eigenvalue weighted by atomic mass is 9.82. The van der Waals surface area contributed by atoms with E-state index < -0.39 is 0 Å². The van der Waals surface area contributed by atoms with Crippen LogP contribution in [-0.4, -0.2) is 4.57 Å². The number of rotatable bonds is 5. The third-order valence-corrected chi connectivity index (χ3v) is 9.97. The first kappa shape index (κ1) is 27.5. The Bertz CT molecular complexity index is 2420. The summed E-state index contributed by atoms with van der Waals surface area (Å²) in [7, 11) is 0. The predicted molar refractivity (Wildman–Crippen MR) is 198 cm³/mol. The van der Waals surface area contributed by atoms with Crippen molar-refractivity contribution in [2.75, 3.05) is 4.90 Å². The second-order valence-electron chi connectivity index (χ2n) is 13.0. The maximum atomic E-state index is 2.41. The van der Waals surface area contributed by atoms with E-state index in [0.717, 1.165) is 22.7 Å². The van der Waals surface area contributed by atoms with Crippen molar-refractivity contribution in [3.63, 3.8) is 0 Å². The molecule has 1 heterocycles. The Labute approximate surface area is 275 Å². The van der Waals surface area contributed by atoms with Gasteiger partial charge in [0.15, 0.2) is 0 Å². The van der Waals surface area contributed by atoms with Gasteiger partial charge < -0.3 is 9.47 Å². The first-order valence-electron chi connectivity index (χ1n) is 16.4. The number of hydrogen-bond acceptors (Lipinski definition) is 1. The molecule has 0 bridgehead atoms. The SMILES string of the molecule is CC1(C)c2ccccc2-c2ccc(N(c3ccccc3)c3ccc4c(c3)c3c(-c5ccccc5)cccc3n4-c3ccccc3)cc21. The number of para-hydroxylation sites is 2. The molecule has 0 amide bonds. The van der Waals surface area contributed by atoms with Gasteiger partial charge in [0.05, 0.1) is 11.0 Å². The fraction of sp³-hybridized carbons (Fsp3) is 0.0667. The molecule has 0 radical (unpaired) electrons. The second-order valence-corrected chi connectivity index (χ2v) is 13.0. The molecule has 0 aliphatic heterocycles. The van der Waals surface area contributed by atoms with Crippen molar-refractivity contribution in [2.24, 2.45) is 0 Å². The Kier molecular flexibility index (Phi) is 6.20. The number of fused-ring (bicyclic) bond motifs is 6. The van der Waals surface area contributed by atoms with Gasteiger partial charge in [0.25, 0.3) is 0 Å². The summed E-state index contributed by atoms with van der Waals surface area (Å²) >= 11 is 0. The third kappa shape index (κ3) is 4.26. The molecule has 0 N–H and O–H groups in total. The summed E-state index contributed by atoms with van der Waals surface area (Å²) in [5.41, 5.74) is 14.8. The van der Waals surface area contributed by atoms with Crippen molar-refractivity contribution < 1.29 is 0 Å². The van der Waals surface area contributed by atoms with E-state index in [1.165, 1.54) is 55.2 Å². The van der Waals surface area contributed by atoms with Gasteiger partial charge in [0.1, 0.15) is 0 Å². The maximum absolute atomic E-state index is 2.41. The Morgan fingerprint density at radius 3 is 1.85 bits per heavy atom. The number of nitrogens with zero attached hydrogens (tertiary/aromatic N) is 2. The highest BCUT2D eigenvalue weighted by Gasteiger charge is 2.35. The molecule has 0 saturated heterocycles. The van der Waals surface area contributed by atoms with Crippen molar-refractivity contribution in [1.29, 1.82) is 0 Å². The molecule has 7 aromatic carbocycles. The van der Waals surface area contributed by atoms with Gasteiger partial charge in [-0.1, -0.05) is 123 Å². The van der Waals surface area contributed by atoms with E-state index in [1.54, 1.807) is 0 Å². The Hall–Kier alpha value is -5.86. The summed E-state index contributed by atoms with van der Waals surface area (Å²) in [5, 5.41) is 2.49. The summed E-state index contributed by atoms with van der Waals surface area (Å²) in [4.78, 5) is 2.41. The molecule has 0 fully saturated rings. The first-order valence-corrected chi connectivity index (χ1v) is 16.4. The van der Waals surface area contributed by atoms with Crippen molar-refractivity contribution in [3.8, 4) is 27.9 Å². The highest BCUT2D eigenvalue weighted by atomic mass is 15.1. The minimum Gasteiger partial charge on any atom is -0.310 e. The summed E-state index contributed by atoms with van der Waals surface area (Å²) < 4.78 is 2.41. The standard InChI is InChI=1S/C45H34N2/c1-45(2)40-23-13-12-21-37(40)38-27-25-35(30-41(38)45)46(32-17-8-4-9-18-32)34-26-28-42-39(29-34)44-36(31-15-6-3-7-16-31)22-14-24-43(44)47(42)33-19-10-5-11-20-33/h3-30H,1-2H3. The van der Waals surface area contributed by atoms with E-state index in [4.69, 9.17) is 0 Å². The monoisotopic (exact) mass is 602 g/mol. The molecule has 2 nitrogen and oxygen atoms in total. The summed E-state index contributed by atoms with van der Waals surface area (Å²) in [6.07, 6.45) is 0. The average molecular weight is 603 g/mol. The highest BCUT2D eigenvalue weighted by Crippen LogP contribution is 2.51. The summed E-state index contributed by atoms with van der Waals surface area (Å²) in [5.74, 6) is 0. The van der Waals surface area contributed by atoms with E-state index in [0.29, 0.717) is 0 Å². The average Bonchev–Trinajstić information content (AvgIpc) is 3.58. The van der Waals surface area contributed by atoms with Gasteiger partial charge in [0, 0.05) is 38.9 Å². The second kappa shape index (κ2) is 10.6. The molecule has 47 heavy (non-hydrogen) atoms. The molecule has 8 aromatic rings. The molecule has 2 heteroatoms. The van der Waals surface area contributed by atoms with Crippen LogP contribution < -0.4 is 4.90 Å². The van der Waals surface area contributed by atoms with Crippen LogP contribution in [0.25, 0.3) is 49.7 Å². The van der Waals surface area contributed by atoms with Gasteiger partial charge >= 0.3 is 0 Å². The molecule has 0 saturated carbocycles. The van der Waals surface area contributed by atoms with Crippen LogP contribution in [0.3, 0.4) is 0 Å². The zero-order valence-electron chi connectivity index (χ0n) is 26.6. The Morgan fingerprint density at radius 1 is 0.447 bits per heavy atom. The van der Waals surface area contributed by atoms with Crippen LogP contribution in [0.5, 0.6) is 0 Å². The predicted octanol–water partition coefficient (Wildman–Crippen LogP) is 12.2. The quantitative estimate of drug-likeness (QED) is 0.190. The molecule has 0 unspecified atom stereocenters. The van der Waals surface area contributed by atoms with Crippen LogP contribution in [-0.2, 0) is 5.41 Å². The van der Waals surface area contributed by atoms with Crippen LogP contribution in [0.15, 0.2) is 170 Å². The number of benzene rings is 7. The minimum atomic E-state index is -0.0814. The number of hydrogen-bond donors (Lipinski definition) is 0. The number of aromatic nitrogens is 1. The van der Waals surface area contributed by atoms with Gasteiger partial charge in [-0.05, 0) is 94.0 Å². The normalized spacial score (nSPS) is 13.1. The van der Waals surface area contributed by atoms with Crippen LogP contribution in [0.4, 0.5) is 17.1 Å². The van der Waals surface area contributed by atoms with Crippen LogP contribution in [0.2, 0.25) is 0 Å². The van der Waals surface area contributed by atoms with E-state index >= 15 is 0 Å². The fourth-order valence-corrected chi connectivity index (χ4v) is 7.77. The molecule has 0 spiro atoms. The lowest BCUT2D eigenvalue weighted by Gasteiger charge is -2.28. The smallest absolute Gasteiger partial charge is 0.0547 e. The molecule has 224 valence electrons. The van der Waals surface area contributed by atoms with Crippen LogP contribution in [0, 0.1) is 0 Å². The summed E-state index contributed by atoms with van der Waals surface area (Å²) in [6, 6.07) is 61.8. The highest BCUT2D eigenvalue weighted by molar-refractivity contribution is 6.16. The summed E-state index contributed by atoms with van der Waals surface area (Å²) in [6.45, 7) is 4.70. The van der Waals surface area contributed by atoms with E-state index in [9.17, 15) is 0 Å². The van der Waals surface area contributed by atoms with Crippen molar-refractivity contribution >= 4 is 38.9 Å².